The number of hydrogen-bond donors (Lipinski definition) is 3. The predicted octanol–water partition coefficient (Wildman–Crippen LogP) is 4.31. The zero-order chi connectivity index (χ0) is 20.6. The van der Waals surface area contributed by atoms with Crippen molar-refractivity contribution in [1.82, 2.24) is 4.98 Å². The van der Waals surface area contributed by atoms with E-state index in [2.05, 4.69) is 10.3 Å². The van der Waals surface area contributed by atoms with E-state index in [1.165, 1.54) is 36.4 Å². The molecule has 3 rings (SSSR count). The number of thiazole rings is 1. The molecular weight excluding hydrogens is 467 g/mol. The van der Waals surface area contributed by atoms with E-state index < -0.39 is 15.8 Å². The molecule has 2 aromatic carbocycles. The lowest BCUT2D eigenvalue weighted by atomic mass is 10.1. The second-order valence-electron chi connectivity index (χ2n) is 5.50. The van der Waals surface area contributed by atoms with Gasteiger partial charge in [-0.05, 0) is 36.4 Å². The number of rotatable bonds is 5. The molecule has 1 aromatic heterocycles. The number of nitrogens with zero attached hydrogens (tertiary/aromatic N) is 1. The van der Waals surface area contributed by atoms with Gasteiger partial charge in [-0.25, -0.2) is 18.5 Å². The summed E-state index contributed by atoms with van der Waals surface area (Å²) < 4.78 is 22.6. The van der Waals surface area contributed by atoms with E-state index in [1.807, 2.05) is 0 Å². The lowest BCUT2D eigenvalue weighted by molar-refractivity contribution is 0.104. The first-order valence-electron chi connectivity index (χ1n) is 7.41. The van der Waals surface area contributed by atoms with Gasteiger partial charge in [0.25, 0.3) is 0 Å². The fourth-order valence-corrected chi connectivity index (χ4v) is 4.63. The largest absolute Gasteiger partial charge is 0.382 e. The number of carbonyl (C=O) groups excluding carboxylic acids is 1. The molecule has 0 bridgehead atoms. The molecule has 0 fully saturated rings. The lowest BCUT2D eigenvalue weighted by Gasteiger charge is -2.05. The van der Waals surface area contributed by atoms with Gasteiger partial charge in [0.2, 0.25) is 15.8 Å². The molecule has 0 amide bonds. The molecular formula is C16H11Cl3N4O3S2. The first-order valence-corrected chi connectivity index (χ1v) is 10.9. The van der Waals surface area contributed by atoms with Crippen LogP contribution in [0.1, 0.15) is 15.2 Å². The molecule has 0 radical (unpaired) electrons. The van der Waals surface area contributed by atoms with Crippen LogP contribution in [0.3, 0.4) is 0 Å². The van der Waals surface area contributed by atoms with Gasteiger partial charge < -0.3 is 11.1 Å². The molecule has 0 aliphatic carbocycles. The van der Waals surface area contributed by atoms with E-state index in [0.717, 1.165) is 11.3 Å². The minimum atomic E-state index is -3.79. The van der Waals surface area contributed by atoms with E-state index in [9.17, 15) is 13.2 Å². The summed E-state index contributed by atoms with van der Waals surface area (Å²) in [5.41, 5.74) is 6.48. The lowest BCUT2D eigenvalue weighted by Crippen LogP contribution is -2.11. The molecule has 0 spiro atoms. The Morgan fingerprint density at radius 3 is 2.18 bits per heavy atom. The molecule has 12 heteroatoms. The van der Waals surface area contributed by atoms with Crippen molar-refractivity contribution in [1.29, 1.82) is 0 Å². The number of carbonyl (C=O) groups is 1. The Hall–Kier alpha value is -1.88. The minimum Gasteiger partial charge on any atom is -0.382 e. The second kappa shape index (κ2) is 7.86. The second-order valence-corrected chi connectivity index (χ2v) is 9.31. The third-order valence-corrected chi connectivity index (χ3v) is 6.26. The topological polar surface area (TPSA) is 128 Å². The van der Waals surface area contributed by atoms with Gasteiger partial charge in [0.1, 0.15) is 10.7 Å². The van der Waals surface area contributed by atoms with Crippen LogP contribution in [-0.2, 0) is 10.0 Å². The molecule has 0 aliphatic heterocycles. The van der Waals surface area contributed by atoms with Gasteiger partial charge in [0.15, 0.2) is 5.13 Å². The van der Waals surface area contributed by atoms with E-state index in [0.29, 0.717) is 15.8 Å². The van der Waals surface area contributed by atoms with Gasteiger partial charge in [-0.1, -0.05) is 46.1 Å². The number of nitrogens with one attached hydrogen (secondary N) is 1. The van der Waals surface area contributed by atoms with Crippen LogP contribution in [0.4, 0.5) is 16.6 Å². The van der Waals surface area contributed by atoms with Crippen LogP contribution in [0.5, 0.6) is 0 Å². The maximum atomic E-state index is 12.8. The highest BCUT2D eigenvalue weighted by atomic mass is 35.5. The third kappa shape index (κ3) is 4.40. The van der Waals surface area contributed by atoms with Crippen LogP contribution < -0.4 is 16.2 Å². The summed E-state index contributed by atoms with van der Waals surface area (Å²) in [6, 6.07) is 8.51. The average Bonchev–Trinajstić information content (AvgIpc) is 2.93. The van der Waals surface area contributed by atoms with E-state index in [4.69, 9.17) is 45.7 Å². The van der Waals surface area contributed by atoms with Gasteiger partial charge in [-0.2, -0.15) is 0 Å². The van der Waals surface area contributed by atoms with E-state index in [1.54, 1.807) is 0 Å². The molecule has 1 heterocycles. The number of ketones is 1. The van der Waals surface area contributed by atoms with Crippen molar-refractivity contribution < 1.29 is 13.2 Å². The van der Waals surface area contributed by atoms with Gasteiger partial charge in [0.05, 0.1) is 20.5 Å². The van der Waals surface area contributed by atoms with Crippen LogP contribution in [-0.4, -0.2) is 19.2 Å². The van der Waals surface area contributed by atoms with Crippen LogP contribution >= 0.6 is 46.1 Å². The maximum Gasteiger partial charge on any atom is 0.238 e. The Bertz CT molecular complexity index is 1160. The summed E-state index contributed by atoms with van der Waals surface area (Å²) in [7, 11) is -3.79. The number of benzene rings is 2. The van der Waals surface area contributed by atoms with E-state index >= 15 is 0 Å². The molecule has 0 saturated carbocycles. The summed E-state index contributed by atoms with van der Waals surface area (Å²) in [4.78, 5) is 17.0. The van der Waals surface area contributed by atoms with Gasteiger partial charge in [-0.3, -0.25) is 4.79 Å². The highest BCUT2D eigenvalue weighted by Gasteiger charge is 2.23. The first kappa shape index (κ1) is 20.8. The van der Waals surface area contributed by atoms with Crippen molar-refractivity contribution in [2.45, 2.75) is 4.90 Å². The smallest absolute Gasteiger partial charge is 0.238 e. The Morgan fingerprint density at radius 1 is 1.07 bits per heavy atom. The molecule has 5 N–H and O–H groups in total. The molecule has 0 saturated heterocycles. The number of sulfonamides is 1. The fourth-order valence-electron chi connectivity index (χ4n) is 2.27. The number of halogens is 3. The van der Waals surface area contributed by atoms with Crippen LogP contribution in [0.15, 0.2) is 41.3 Å². The number of hydrogen-bond acceptors (Lipinski definition) is 7. The number of nitrogens with two attached hydrogens (primary N) is 2. The average molecular weight is 478 g/mol. The van der Waals surface area contributed by atoms with Crippen molar-refractivity contribution in [2.75, 3.05) is 11.1 Å². The van der Waals surface area contributed by atoms with Crippen LogP contribution in [0, 0.1) is 0 Å². The van der Waals surface area contributed by atoms with Crippen molar-refractivity contribution in [3.8, 4) is 0 Å². The number of nitrogen functional groups attached to an aromatic ring is 1. The molecule has 146 valence electrons. The number of anilines is 3. The Kier molecular flexibility index (Phi) is 5.85. The standard InChI is InChI=1S/C16H11Cl3N4O3S2/c17-7-5-10(18)12(11(19)6-7)13(24)14-15(20)23-16(27-14)22-8-1-3-9(4-2-8)28(21,25)26/h1-6H,20H2,(H,22,23)(H2,21,25,26). The Morgan fingerprint density at radius 2 is 1.64 bits per heavy atom. The van der Waals surface area contributed by atoms with Crippen molar-refractivity contribution in [3.05, 3.63) is 61.9 Å². The summed E-state index contributed by atoms with van der Waals surface area (Å²) in [6.45, 7) is 0. The SMILES string of the molecule is Nc1nc(Nc2ccc(S(N)(=O)=O)cc2)sc1C(=O)c1c(Cl)cc(Cl)cc1Cl. The van der Waals surface area contributed by atoms with E-state index in [-0.39, 0.29) is 31.2 Å². The normalized spacial score (nSPS) is 11.4. The summed E-state index contributed by atoms with van der Waals surface area (Å²) in [5.74, 6) is -0.486. The zero-order valence-corrected chi connectivity index (χ0v) is 17.6. The Balaban J connectivity index is 1.89. The van der Waals surface area contributed by atoms with Crippen LogP contribution in [0.25, 0.3) is 0 Å². The first-order chi connectivity index (χ1) is 13.1. The molecule has 0 atom stereocenters. The van der Waals surface area contributed by atoms with Gasteiger partial charge in [0, 0.05) is 10.7 Å². The van der Waals surface area contributed by atoms with Crippen molar-refractivity contribution >= 4 is 78.6 Å². The molecule has 0 unspecified atom stereocenters. The van der Waals surface area contributed by atoms with Gasteiger partial charge in [-0.15, -0.1) is 0 Å². The number of primary sulfonamides is 1. The third-order valence-electron chi connectivity index (χ3n) is 3.53. The number of aromatic nitrogens is 1. The fraction of sp³-hybridized carbons (Fsp3) is 0. The summed E-state index contributed by atoms with van der Waals surface area (Å²) in [5, 5.41) is 8.83. The monoisotopic (exact) mass is 476 g/mol. The quantitative estimate of drug-likeness (QED) is 0.470. The van der Waals surface area contributed by atoms with Crippen molar-refractivity contribution in [3.63, 3.8) is 0 Å². The maximum absolute atomic E-state index is 12.8. The van der Waals surface area contributed by atoms with Gasteiger partial charge >= 0.3 is 0 Å². The van der Waals surface area contributed by atoms with Crippen LogP contribution in [0.2, 0.25) is 15.1 Å². The molecule has 3 aromatic rings. The minimum absolute atomic E-state index is 0.000685. The van der Waals surface area contributed by atoms with Crippen molar-refractivity contribution in [2.24, 2.45) is 5.14 Å². The molecule has 28 heavy (non-hydrogen) atoms. The highest BCUT2D eigenvalue weighted by Crippen LogP contribution is 2.35. The Labute approximate surface area is 179 Å². The predicted molar refractivity (Wildman–Crippen MR) is 113 cm³/mol. The highest BCUT2D eigenvalue weighted by molar-refractivity contribution is 7.89. The summed E-state index contributed by atoms with van der Waals surface area (Å²) in [6.07, 6.45) is 0. The summed E-state index contributed by atoms with van der Waals surface area (Å²) >= 11 is 19.1. The molecule has 0 aliphatic rings. The molecule has 7 nitrogen and oxygen atoms in total. The zero-order valence-electron chi connectivity index (χ0n) is 13.7.